The highest BCUT2D eigenvalue weighted by molar-refractivity contribution is 5.74. The number of para-hydroxylation sites is 1. The number of hydrogen-bond donors (Lipinski definition) is 1. The minimum Gasteiger partial charge on any atom is -0.345 e. The van der Waals surface area contributed by atoms with Gasteiger partial charge >= 0.3 is 5.69 Å². The van der Waals surface area contributed by atoms with Crippen LogP contribution in [0, 0.1) is 0 Å². The van der Waals surface area contributed by atoms with E-state index < -0.39 is 5.69 Å². The molecule has 0 fully saturated rings. The molecular formula is C13H11N3O2. The normalized spacial score (nSPS) is 10.9. The van der Waals surface area contributed by atoms with Gasteiger partial charge in [-0.15, -0.1) is 0 Å². The molecule has 0 aliphatic carbocycles. The standard InChI is InChI=1S/C13H11N3O2/c1-15-8-7-10-11(15)12(17)16(13(18)14-10)9-5-3-2-4-6-9/h2-8H,1H3,(H,14,18). The summed E-state index contributed by atoms with van der Waals surface area (Å²) in [4.78, 5) is 27.0. The van der Waals surface area contributed by atoms with Gasteiger partial charge in [0, 0.05) is 13.2 Å². The molecule has 0 saturated carbocycles. The molecule has 0 aliphatic heterocycles. The summed E-state index contributed by atoms with van der Waals surface area (Å²) in [5.41, 5.74) is 0.863. The van der Waals surface area contributed by atoms with Gasteiger partial charge in [0.15, 0.2) is 0 Å². The highest BCUT2D eigenvalue weighted by atomic mass is 16.2. The number of aromatic amines is 1. The summed E-state index contributed by atoms with van der Waals surface area (Å²) in [6.07, 6.45) is 1.75. The summed E-state index contributed by atoms with van der Waals surface area (Å²) in [5.74, 6) is 0. The Balaban J connectivity index is 2.47. The molecular weight excluding hydrogens is 230 g/mol. The Morgan fingerprint density at radius 3 is 2.50 bits per heavy atom. The topological polar surface area (TPSA) is 59.8 Å². The molecule has 1 N–H and O–H groups in total. The van der Waals surface area contributed by atoms with E-state index in [-0.39, 0.29) is 5.56 Å². The van der Waals surface area contributed by atoms with Gasteiger partial charge < -0.3 is 9.55 Å². The van der Waals surface area contributed by atoms with Crippen LogP contribution < -0.4 is 11.2 Å². The number of rotatable bonds is 1. The number of hydrogen-bond acceptors (Lipinski definition) is 2. The van der Waals surface area contributed by atoms with Crippen molar-refractivity contribution >= 4 is 11.0 Å². The van der Waals surface area contributed by atoms with Crippen LogP contribution in [-0.4, -0.2) is 14.1 Å². The SMILES string of the molecule is Cn1ccc2[nH]c(=O)n(-c3ccccc3)c(=O)c21. The maximum atomic E-state index is 12.4. The third-order valence-corrected chi connectivity index (χ3v) is 2.94. The van der Waals surface area contributed by atoms with Gasteiger partial charge in [-0.3, -0.25) is 4.79 Å². The van der Waals surface area contributed by atoms with E-state index in [1.54, 1.807) is 48.1 Å². The van der Waals surface area contributed by atoms with Crippen LogP contribution in [0.2, 0.25) is 0 Å². The van der Waals surface area contributed by atoms with Crippen molar-refractivity contribution in [2.45, 2.75) is 0 Å². The predicted octanol–water partition coefficient (Wildman–Crippen LogP) is 1.02. The number of aromatic nitrogens is 3. The molecule has 2 aromatic heterocycles. The zero-order valence-corrected chi connectivity index (χ0v) is 9.75. The second-order valence-electron chi connectivity index (χ2n) is 4.10. The van der Waals surface area contributed by atoms with Gasteiger partial charge in [0.25, 0.3) is 5.56 Å². The van der Waals surface area contributed by atoms with E-state index in [0.717, 1.165) is 4.57 Å². The first-order valence-electron chi connectivity index (χ1n) is 5.54. The summed E-state index contributed by atoms with van der Waals surface area (Å²) >= 11 is 0. The number of fused-ring (bicyclic) bond motifs is 1. The largest absolute Gasteiger partial charge is 0.345 e. The molecule has 2 heterocycles. The smallest absolute Gasteiger partial charge is 0.333 e. The lowest BCUT2D eigenvalue weighted by atomic mass is 10.3. The van der Waals surface area contributed by atoms with Crippen LogP contribution in [0.15, 0.2) is 52.2 Å². The Morgan fingerprint density at radius 2 is 1.78 bits per heavy atom. The Hall–Kier alpha value is -2.56. The lowest BCUT2D eigenvalue weighted by molar-refractivity contribution is 0.875. The molecule has 18 heavy (non-hydrogen) atoms. The van der Waals surface area contributed by atoms with Crippen LogP contribution in [-0.2, 0) is 7.05 Å². The fourth-order valence-corrected chi connectivity index (χ4v) is 2.08. The molecule has 0 radical (unpaired) electrons. The zero-order chi connectivity index (χ0) is 12.7. The van der Waals surface area contributed by atoms with Crippen LogP contribution >= 0.6 is 0 Å². The van der Waals surface area contributed by atoms with Gasteiger partial charge in [0.1, 0.15) is 5.52 Å². The molecule has 1 aromatic carbocycles. The third kappa shape index (κ3) is 1.41. The molecule has 0 spiro atoms. The highest BCUT2D eigenvalue weighted by Gasteiger charge is 2.11. The number of nitrogens with one attached hydrogen (secondary N) is 1. The highest BCUT2D eigenvalue weighted by Crippen LogP contribution is 2.07. The second kappa shape index (κ2) is 3.73. The molecule has 3 rings (SSSR count). The zero-order valence-electron chi connectivity index (χ0n) is 9.75. The molecule has 0 atom stereocenters. The average molecular weight is 241 g/mol. The van der Waals surface area contributed by atoms with E-state index in [2.05, 4.69) is 4.98 Å². The quantitative estimate of drug-likeness (QED) is 0.691. The van der Waals surface area contributed by atoms with Crippen LogP contribution in [0.3, 0.4) is 0 Å². The lowest BCUT2D eigenvalue weighted by Gasteiger charge is -2.05. The van der Waals surface area contributed by atoms with Gasteiger partial charge in [-0.05, 0) is 18.2 Å². The maximum absolute atomic E-state index is 12.4. The molecule has 90 valence electrons. The van der Waals surface area contributed by atoms with E-state index in [1.807, 2.05) is 6.07 Å². The van der Waals surface area contributed by atoms with Crippen molar-refractivity contribution < 1.29 is 0 Å². The summed E-state index contributed by atoms with van der Waals surface area (Å²) in [6, 6.07) is 10.6. The van der Waals surface area contributed by atoms with Crippen molar-refractivity contribution in [1.82, 2.24) is 14.1 Å². The molecule has 0 unspecified atom stereocenters. The Bertz CT molecular complexity index is 825. The predicted molar refractivity (Wildman–Crippen MR) is 69.1 cm³/mol. The van der Waals surface area contributed by atoms with Crippen LogP contribution in [0.25, 0.3) is 16.7 Å². The number of benzene rings is 1. The average Bonchev–Trinajstić information content (AvgIpc) is 2.72. The van der Waals surface area contributed by atoms with Gasteiger partial charge in [-0.1, -0.05) is 18.2 Å². The Kier molecular flexibility index (Phi) is 2.19. The van der Waals surface area contributed by atoms with E-state index >= 15 is 0 Å². The first-order chi connectivity index (χ1) is 8.68. The van der Waals surface area contributed by atoms with Crippen LogP contribution in [0.1, 0.15) is 0 Å². The van der Waals surface area contributed by atoms with Crippen LogP contribution in [0.4, 0.5) is 0 Å². The van der Waals surface area contributed by atoms with Gasteiger partial charge in [-0.2, -0.15) is 0 Å². The summed E-state index contributed by atoms with van der Waals surface area (Å²) in [6.45, 7) is 0. The summed E-state index contributed by atoms with van der Waals surface area (Å²) in [5, 5.41) is 0. The monoisotopic (exact) mass is 241 g/mol. The molecule has 0 amide bonds. The minimum absolute atomic E-state index is 0.313. The van der Waals surface area contributed by atoms with Crippen molar-refractivity contribution in [1.29, 1.82) is 0 Å². The van der Waals surface area contributed by atoms with Crippen LogP contribution in [0.5, 0.6) is 0 Å². The van der Waals surface area contributed by atoms with Gasteiger partial charge in [0.05, 0.1) is 11.2 Å². The molecule has 5 heteroatoms. The number of aryl methyl sites for hydroxylation is 1. The summed E-state index contributed by atoms with van der Waals surface area (Å²) in [7, 11) is 1.78. The first kappa shape index (κ1) is 10.6. The van der Waals surface area contributed by atoms with E-state index in [9.17, 15) is 9.59 Å². The van der Waals surface area contributed by atoms with E-state index in [0.29, 0.717) is 16.7 Å². The number of nitrogens with zero attached hydrogens (tertiary/aromatic N) is 2. The summed E-state index contributed by atoms with van der Waals surface area (Å²) < 4.78 is 2.84. The maximum Gasteiger partial charge on any atom is 0.333 e. The molecule has 0 bridgehead atoms. The third-order valence-electron chi connectivity index (χ3n) is 2.94. The molecule has 0 aliphatic rings. The minimum atomic E-state index is -0.426. The van der Waals surface area contributed by atoms with Gasteiger partial charge in [0.2, 0.25) is 0 Å². The Labute approximate surface area is 102 Å². The van der Waals surface area contributed by atoms with E-state index in [1.165, 1.54) is 0 Å². The second-order valence-corrected chi connectivity index (χ2v) is 4.10. The van der Waals surface area contributed by atoms with Gasteiger partial charge in [-0.25, -0.2) is 9.36 Å². The van der Waals surface area contributed by atoms with E-state index in [4.69, 9.17) is 0 Å². The first-order valence-corrected chi connectivity index (χ1v) is 5.54. The van der Waals surface area contributed by atoms with Crippen molar-refractivity contribution in [3.63, 3.8) is 0 Å². The Morgan fingerprint density at radius 1 is 1.06 bits per heavy atom. The van der Waals surface area contributed by atoms with Crippen molar-refractivity contribution in [3.8, 4) is 5.69 Å². The van der Waals surface area contributed by atoms with Crippen molar-refractivity contribution in [2.24, 2.45) is 7.05 Å². The molecule has 0 saturated heterocycles. The lowest BCUT2D eigenvalue weighted by Crippen LogP contribution is -2.34. The molecule has 3 aromatic rings. The molecule has 5 nitrogen and oxygen atoms in total. The number of H-pyrrole nitrogens is 1. The fraction of sp³-hybridized carbons (Fsp3) is 0.0769. The van der Waals surface area contributed by atoms with Crippen molar-refractivity contribution in [3.05, 3.63) is 63.4 Å². The fourth-order valence-electron chi connectivity index (χ4n) is 2.08. The van der Waals surface area contributed by atoms with Crippen molar-refractivity contribution in [2.75, 3.05) is 0 Å².